The Morgan fingerprint density at radius 2 is 1.81 bits per heavy atom. The largest absolute Gasteiger partial charge is 0.350 e. The van der Waals surface area contributed by atoms with Crippen LogP contribution in [0.15, 0.2) is 0 Å². The van der Waals surface area contributed by atoms with Crippen LogP contribution in [0.1, 0.15) is 60.3 Å². The minimum atomic E-state index is -0.542. The molecule has 0 aromatic carbocycles. The second-order valence-electron chi connectivity index (χ2n) is 7.60. The summed E-state index contributed by atoms with van der Waals surface area (Å²) >= 11 is 0. The Balaban J connectivity index is 2.64. The zero-order valence-corrected chi connectivity index (χ0v) is 14.1. The maximum atomic E-state index is 12.6. The van der Waals surface area contributed by atoms with E-state index in [-0.39, 0.29) is 17.4 Å². The predicted molar refractivity (Wildman–Crippen MR) is 84.6 cm³/mol. The number of carbonyl (C=O) groups is 2. The number of nitrogens with one attached hydrogen (secondary N) is 2. The van der Waals surface area contributed by atoms with Gasteiger partial charge < -0.3 is 16.4 Å². The number of carbonyl (C=O) groups excluding carboxylic acids is 2. The quantitative estimate of drug-likeness (QED) is 0.736. The highest BCUT2D eigenvalue weighted by Crippen LogP contribution is 2.38. The third-order valence-corrected chi connectivity index (χ3v) is 4.34. The highest BCUT2D eigenvalue weighted by atomic mass is 16.2. The molecule has 2 amide bonds. The molecule has 0 heterocycles. The molecule has 0 aromatic rings. The molecule has 5 heteroatoms. The fourth-order valence-corrected chi connectivity index (χ4v) is 2.73. The van der Waals surface area contributed by atoms with E-state index >= 15 is 0 Å². The molecule has 0 radical (unpaired) electrons. The van der Waals surface area contributed by atoms with Crippen molar-refractivity contribution in [1.29, 1.82) is 0 Å². The van der Waals surface area contributed by atoms with Crippen LogP contribution in [0, 0.1) is 11.3 Å². The van der Waals surface area contributed by atoms with Crippen LogP contribution in [0.25, 0.3) is 0 Å². The van der Waals surface area contributed by atoms with E-state index in [0.717, 1.165) is 25.7 Å². The lowest BCUT2D eigenvalue weighted by Crippen LogP contribution is -2.55. The molecule has 1 atom stereocenters. The number of rotatable bonds is 4. The SMILES string of the molecule is CC1CCC(CN)(C(=O)NC(C)C(=O)NC(C)(C)C)CC1. The molecule has 0 aliphatic heterocycles. The summed E-state index contributed by atoms with van der Waals surface area (Å²) < 4.78 is 0. The van der Waals surface area contributed by atoms with Crippen molar-refractivity contribution >= 4 is 11.8 Å². The summed E-state index contributed by atoms with van der Waals surface area (Å²) in [6.07, 6.45) is 3.66. The van der Waals surface area contributed by atoms with E-state index < -0.39 is 11.5 Å². The van der Waals surface area contributed by atoms with Gasteiger partial charge >= 0.3 is 0 Å². The van der Waals surface area contributed by atoms with E-state index in [0.29, 0.717) is 12.5 Å². The molecule has 1 unspecified atom stereocenters. The van der Waals surface area contributed by atoms with Gasteiger partial charge in [0.15, 0.2) is 0 Å². The topological polar surface area (TPSA) is 84.2 Å². The molecular formula is C16H31N3O2. The van der Waals surface area contributed by atoms with E-state index in [1.54, 1.807) is 6.92 Å². The first-order valence-corrected chi connectivity index (χ1v) is 7.93. The van der Waals surface area contributed by atoms with Crippen molar-refractivity contribution < 1.29 is 9.59 Å². The van der Waals surface area contributed by atoms with Gasteiger partial charge in [0.05, 0.1) is 5.41 Å². The van der Waals surface area contributed by atoms with Gasteiger partial charge in [-0.15, -0.1) is 0 Å². The summed E-state index contributed by atoms with van der Waals surface area (Å²) in [5.41, 5.74) is 5.08. The Bertz CT molecular complexity index is 379. The van der Waals surface area contributed by atoms with Crippen LogP contribution < -0.4 is 16.4 Å². The van der Waals surface area contributed by atoms with Crippen LogP contribution in [-0.4, -0.2) is 29.9 Å². The molecule has 0 aromatic heterocycles. The lowest BCUT2D eigenvalue weighted by molar-refractivity contribution is -0.137. The van der Waals surface area contributed by atoms with Crippen LogP contribution in [0.4, 0.5) is 0 Å². The van der Waals surface area contributed by atoms with Crippen molar-refractivity contribution in [2.24, 2.45) is 17.1 Å². The molecule has 1 aliphatic carbocycles. The summed E-state index contributed by atoms with van der Waals surface area (Å²) in [5.74, 6) is 0.416. The minimum absolute atomic E-state index is 0.0755. The summed E-state index contributed by atoms with van der Waals surface area (Å²) in [6, 6.07) is -0.542. The Hall–Kier alpha value is -1.10. The first-order chi connectivity index (χ1) is 9.59. The molecule has 0 spiro atoms. The van der Waals surface area contributed by atoms with E-state index in [9.17, 15) is 9.59 Å². The maximum absolute atomic E-state index is 12.6. The van der Waals surface area contributed by atoms with Gasteiger partial charge in [-0.2, -0.15) is 0 Å². The summed E-state index contributed by atoms with van der Waals surface area (Å²) in [4.78, 5) is 24.6. The molecule has 1 saturated carbocycles. The Kier molecular flexibility index (Phi) is 5.79. The average molecular weight is 297 g/mol. The van der Waals surface area contributed by atoms with Crippen LogP contribution >= 0.6 is 0 Å². The number of hydrogen-bond donors (Lipinski definition) is 3. The Morgan fingerprint density at radius 3 is 2.24 bits per heavy atom. The van der Waals surface area contributed by atoms with Gasteiger partial charge in [0.2, 0.25) is 11.8 Å². The lowest BCUT2D eigenvalue weighted by Gasteiger charge is -2.38. The fourth-order valence-electron chi connectivity index (χ4n) is 2.73. The molecule has 1 aliphatic rings. The zero-order valence-electron chi connectivity index (χ0n) is 14.1. The molecule has 0 bridgehead atoms. The normalized spacial score (nSPS) is 27.8. The molecule has 4 N–H and O–H groups in total. The maximum Gasteiger partial charge on any atom is 0.242 e. The molecule has 1 fully saturated rings. The second-order valence-corrected chi connectivity index (χ2v) is 7.60. The van der Waals surface area contributed by atoms with Crippen LogP contribution in [-0.2, 0) is 9.59 Å². The molecular weight excluding hydrogens is 266 g/mol. The predicted octanol–water partition coefficient (Wildman–Crippen LogP) is 1.56. The van der Waals surface area contributed by atoms with Crippen LogP contribution in [0.5, 0.6) is 0 Å². The van der Waals surface area contributed by atoms with E-state index in [1.165, 1.54) is 0 Å². The summed E-state index contributed by atoms with van der Waals surface area (Å²) in [5, 5.41) is 5.73. The van der Waals surface area contributed by atoms with Crippen molar-refractivity contribution in [2.75, 3.05) is 6.54 Å². The molecule has 1 rings (SSSR count). The third kappa shape index (κ3) is 4.99. The Morgan fingerprint density at radius 1 is 1.29 bits per heavy atom. The van der Waals surface area contributed by atoms with Gasteiger partial charge in [-0.05, 0) is 59.3 Å². The standard InChI is InChI=1S/C16H31N3O2/c1-11-6-8-16(10-17,9-7-11)14(21)18-12(2)13(20)19-15(3,4)5/h11-12H,6-10,17H2,1-5H3,(H,18,21)(H,19,20). The van der Waals surface area contributed by atoms with Gasteiger partial charge in [-0.1, -0.05) is 6.92 Å². The number of amides is 2. The molecule has 122 valence electrons. The van der Waals surface area contributed by atoms with E-state index in [4.69, 9.17) is 5.73 Å². The zero-order chi connectivity index (χ0) is 16.3. The van der Waals surface area contributed by atoms with Gasteiger partial charge in [0.1, 0.15) is 6.04 Å². The summed E-state index contributed by atoms with van der Waals surface area (Å²) in [7, 11) is 0. The molecule has 5 nitrogen and oxygen atoms in total. The van der Waals surface area contributed by atoms with Gasteiger partial charge in [0, 0.05) is 12.1 Å². The number of nitrogens with two attached hydrogens (primary N) is 1. The van der Waals surface area contributed by atoms with Crippen molar-refractivity contribution in [3.8, 4) is 0 Å². The van der Waals surface area contributed by atoms with Crippen molar-refractivity contribution in [1.82, 2.24) is 10.6 Å². The van der Waals surface area contributed by atoms with Crippen molar-refractivity contribution in [2.45, 2.75) is 71.9 Å². The minimum Gasteiger partial charge on any atom is -0.350 e. The average Bonchev–Trinajstić information content (AvgIpc) is 2.37. The third-order valence-electron chi connectivity index (χ3n) is 4.34. The molecule has 21 heavy (non-hydrogen) atoms. The fraction of sp³-hybridized carbons (Fsp3) is 0.875. The first-order valence-electron chi connectivity index (χ1n) is 7.93. The van der Waals surface area contributed by atoms with Crippen LogP contribution in [0.2, 0.25) is 0 Å². The van der Waals surface area contributed by atoms with Crippen molar-refractivity contribution in [3.63, 3.8) is 0 Å². The van der Waals surface area contributed by atoms with Gasteiger partial charge in [-0.25, -0.2) is 0 Å². The highest BCUT2D eigenvalue weighted by molar-refractivity contribution is 5.90. The highest BCUT2D eigenvalue weighted by Gasteiger charge is 2.40. The molecule has 0 saturated heterocycles. The van der Waals surface area contributed by atoms with Crippen LogP contribution in [0.3, 0.4) is 0 Å². The number of hydrogen-bond acceptors (Lipinski definition) is 3. The van der Waals surface area contributed by atoms with E-state index in [1.807, 2.05) is 20.8 Å². The van der Waals surface area contributed by atoms with Gasteiger partial charge in [-0.3, -0.25) is 9.59 Å². The van der Waals surface area contributed by atoms with E-state index in [2.05, 4.69) is 17.6 Å². The summed E-state index contributed by atoms with van der Waals surface area (Å²) in [6.45, 7) is 10.0. The first kappa shape index (κ1) is 18.0. The lowest BCUT2D eigenvalue weighted by atomic mass is 9.70. The smallest absolute Gasteiger partial charge is 0.242 e. The van der Waals surface area contributed by atoms with Gasteiger partial charge in [0.25, 0.3) is 0 Å². The monoisotopic (exact) mass is 297 g/mol. The second kappa shape index (κ2) is 6.77. The Labute approximate surface area is 128 Å². The van der Waals surface area contributed by atoms with Crippen molar-refractivity contribution in [3.05, 3.63) is 0 Å².